The van der Waals surface area contributed by atoms with Crippen molar-refractivity contribution in [2.24, 2.45) is 0 Å². The molecule has 0 bridgehead atoms. The van der Waals surface area contributed by atoms with Crippen LogP contribution in [0.2, 0.25) is 0 Å². The Morgan fingerprint density at radius 1 is 1.73 bits per heavy atom. The number of rotatable bonds is 1. The van der Waals surface area contributed by atoms with Gasteiger partial charge < -0.3 is 9.47 Å². The highest BCUT2D eigenvalue weighted by Crippen LogP contribution is 2.32. The quantitative estimate of drug-likeness (QED) is 0.579. The minimum absolute atomic E-state index is 0.0608. The van der Waals surface area contributed by atoms with Crippen molar-refractivity contribution in [3.8, 4) is 0 Å². The summed E-state index contributed by atoms with van der Waals surface area (Å²) >= 11 is 0. The van der Waals surface area contributed by atoms with Gasteiger partial charge in [-0.05, 0) is 13.8 Å². The summed E-state index contributed by atoms with van der Waals surface area (Å²) in [6.07, 6.45) is 2.00. The van der Waals surface area contributed by atoms with Gasteiger partial charge in [0.1, 0.15) is 0 Å². The zero-order valence-electron chi connectivity index (χ0n) is 7.52. The first-order valence-corrected chi connectivity index (χ1v) is 3.95. The molecular weight excluding hydrogens is 140 g/mol. The molecule has 0 radical (unpaired) electrons. The molecule has 0 aliphatic carbocycles. The van der Waals surface area contributed by atoms with Crippen molar-refractivity contribution >= 4 is 0 Å². The largest absolute Gasteiger partial charge is 0.495 e. The Kier molecular flexibility index (Phi) is 2.23. The fourth-order valence-corrected chi connectivity index (χ4v) is 1.62. The van der Waals surface area contributed by atoms with Gasteiger partial charge in [-0.3, -0.25) is 0 Å². The summed E-state index contributed by atoms with van der Waals surface area (Å²) < 4.78 is 10.8. The molecule has 1 saturated heterocycles. The van der Waals surface area contributed by atoms with Crippen molar-refractivity contribution < 1.29 is 9.47 Å². The summed E-state index contributed by atoms with van der Waals surface area (Å²) in [6.45, 7) is 7.94. The van der Waals surface area contributed by atoms with Crippen molar-refractivity contribution in [1.82, 2.24) is 0 Å². The molecule has 0 spiro atoms. The maximum absolute atomic E-state index is 5.41. The van der Waals surface area contributed by atoms with Gasteiger partial charge >= 0.3 is 0 Å². The molecular formula is C9H16O2. The van der Waals surface area contributed by atoms with Gasteiger partial charge in [-0.1, -0.05) is 6.58 Å². The average molecular weight is 156 g/mol. The van der Waals surface area contributed by atoms with Crippen LogP contribution in [0.1, 0.15) is 26.7 Å². The molecule has 11 heavy (non-hydrogen) atoms. The van der Waals surface area contributed by atoms with Crippen LogP contribution in [0.15, 0.2) is 12.3 Å². The average Bonchev–Trinajstić information content (AvgIpc) is 1.84. The van der Waals surface area contributed by atoms with Crippen molar-refractivity contribution in [3.63, 3.8) is 0 Å². The Morgan fingerprint density at radius 2 is 2.36 bits per heavy atom. The van der Waals surface area contributed by atoms with E-state index in [9.17, 15) is 0 Å². The van der Waals surface area contributed by atoms with Crippen molar-refractivity contribution in [2.75, 3.05) is 7.11 Å². The van der Waals surface area contributed by atoms with Crippen molar-refractivity contribution in [1.29, 1.82) is 0 Å². The molecule has 0 unspecified atom stereocenters. The SMILES string of the molecule is C=C1C[C@@](C)(OC)C[C@H](C)O1. The van der Waals surface area contributed by atoms with Gasteiger partial charge in [-0.25, -0.2) is 0 Å². The Labute approximate surface area is 68.2 Å². The Balaban J connectivity index is 2.62. The summed E-state index contributed by atoms with van der Waals surface area (Å²) in [5.41, 5.74) is -0.0608. The van der Waals surface area contributed by atoms with E-state index < -0.39 is 0 Å². The highest BCUT2D eigenvalue weighted by molar-refractivity contribution is 4.98. The van der Waals surface area contributed by atoms with Crippen LogP contribution in [-0.2, 0) is 9.47 Å². The van der Waals surface area contributed by atoms with Gasteiger partial charge in [0.2, 0.25) is 0 Å². The molecule has 2 heteroatoms. The van der Waals surface area contributed by atoms with Crippen molar-refractivity contribution in [2.45, 2.75) is 38.4 Å². The molecule has 1 aliphatic heterocycles. The van der Waals surface area contributed by atoms with Gasteiger partial charge in [-0.15, -0.1) is 0 Å². The molecule has 0 aromatic carbocycles. The molecule has 64 valence electrons. The molecule has 1 aliphatic rings. The zero-order valence-corrected chi connectivity index (χ0v) is 7.52. The van der Waals surface area contributed by atoms with Crippen LogP contribution < -0.4 is 0 Å². The minimum atomic E-state index is -0.0608. The lowest BCUT2D eigenvalue weighted by Crippen LogP contribution is -2.37. The number of ether oxygens (including phenoxy) is 2. The van der Waals surface area contributed by atoms with Crippen LogP contribution in [0, 0.1) is 0 Å². The third-order valence-corrected chi connectivity index (χ3v) is 2.15. The molecule has 1 heterocycles. The van der Waals surface area contributed by atoms with E-state index in [1.54, 1.807) is 7.11 Å². The Bertz CT molecular complexity index is 165. The third kappa shape index (κ3) is 1.96. The van der Waals surface area contributed by atoms with E-state index in [0.717, 1.165) is 18.6 Å². The molecule has 2 nitrogen and oxygen atoms in total. The minimum Gasteiger partial charge on any atom is -0.495 e. The monoisotopic (exact) mass is 156 g/mol. The van der Waals surface area contributed by atoms with E-state index in [0.29, 0.717) is 0 Å². The second-order valence-electron chi connectivity index (χ2n) is 3.50. The Hall–Kier alpha value is -0.500. The molecule has 0 N–H and O–H groups in total. The molecule has 0 saturated carbocycles. The fraction of sp³-hybridized carbons (Fsp3) is 0.778. The smallest absolute Gasteiger partial charge is 0.0981 e. The van der Waals surface area contributed by atoms with E-state index in [4.69, 9.17) is 9.47 Å². The van der Waals surface area contributed by atoms with E-state index >= 15 is 0 Å². The van der Waals surface area contributed by atoms with E-state index in [1.807, 2.05) is 6.92 Å². The maximum atomic E-state index is 5.41. The third-order valence-electron chi connectivity index (χ3n) is 2.15. The highest BCUT2D eigenvalue weighted by atomic mass is 16.5. The van der Waals surface area contributed by atoms with Crippen LogP contribution in [-0.4, -0.2) is 18.8 Å². The summed E-state index contributed by atoms with van der Waals surface area (Å²) in [5.74, 6) is 0.841. The van der Waals surface area contributed by atoms with Gasteiger partial charge in [0.25, 0.3) is 0 Å². The second-order valence-corrected chi connectivity index (χ2v) is 3.50. The van der Waals surface area contributed by atoms with Crippen molar-refractivity contribution in [3.05, 3.63) is 12.3 Å². The van der Waals surface area contributed by atoms with E-state index in [1.165, 1.54) is 0 Å². The number of hydrogen-bond acceptors (Lipinski definition) is 2. The predicted octanol–water partition coefficient (Wildman–Crippen LogP) is 2.10. The predicted molar refractivity (Wildman–Crippen MR) is 44.3 cm³/mol. The van der Waals surface area contributed by atoms with E-state index in [-0.39, 0.29) is 11.7 Å². The summed E-state index contributed by atoms with van der Waals surface area (Å²) in [7, 11) is 1.74. The molecule has 2 atom stereocenters. The van der Waals surface area contributed by atoms with Crippen LogP contribution in [0.5, 0.6) is 0 Å². The van der Waals surface area contributed by atoms with E-state index in [2.05, 4.69) is 13.5 Å². The number of methoxy groups -OCH3 is 1. The topological polar surface area (TPSA) is 18.5 Å². The van der Waals surface area contributed by atoms with Gasteiger partial charge in [0.15, 0.2) is 0 Å². The standard InChI is InChI=1S/C9H16O2/c1-7-5-9(3,10-4)6-8(2)11-7/h8H,1,5-6H2,2-4H3/t8-,9+/m0/s1. The molecule has 1 fully saturated rings. The number of hydrogen-bond donors (Lipinski definition) is 0. The lowest BCUT2D eigenvalue weighted by molar-refractivity contribution is -0.0769. The van der Waals surface area contributed by atoms with Crippen LogP contribution in [0.3, 0.4) is 0 Å². The van der Waals surface area contributed by atoms with Crippen LogP contribution >= 0.6 is 0 Å². The molecule has 0 amide bonds. The first-order chi connectivity index (χ1) is 5.06. The first kappa shape index (κ1) is 8.60. The summed E-state index contributed by atoms with van der Waals surface area (Å²) in [5, 5.41) is 0. The molecule has 0 aromatic rings. The lowest BCUT2D eigenvalue weighted by Gasteiger charge is -2.37. The van der Waals surface area contributed by atoms with Gasteiger partial charge in [0.05, 0.1) is 17.5 Å². The molecule has 1 rings (SSSR count). The first-order valence-electron chi connectivity index (χ1n) is 3.95. The van der Waals surface area contributed by atoms with Gasteiger partial charge in [-0.2, -0.15) is 0 Å². The van der Waals surface area contributed by atoms with Crippen LogP contribution in [0.4, 0.5) is 0 Å². The maximum Gasteiger partial charge on any atom is 0.0981 e. The molecule has 0 aromatic heterocycles. The normalized spacial score (nSPS) is 38.5. The second kappa shape index (κ2) is 2.86. The summed E-state index contributed by atoms with van der Waals surface area (Å²) in [6, 6.07) is 0. The highest BCUT2D eigenvalue weighted by Gasteiger charge is 2.32. The fourth-order valence-electron chi connectivity index (χ4n) is 1.62. The Morgan fingerprint density at radius 3 is 2.82 bits per heavy atom. The van der Waals surface area contributed by atoms with Gasteiger partial charge in [0, 0.05) is 20.0 Å². The summed E-state index contributed by atoms with van der Waals surface area (Å²) in [4.78, 5) is 0. The lowest BCUT2D eigenvalue weighted by atomic mass is 9.91. The van der Waals surface area contributed by atoms with Crippen LogP contribution in [0.25, 0.3) is 0 Å². The zero-order chi connectivity index (χ0) is 8.48.